The first kappa shape index (κ1) is 21.6. The fraction of sp³-hybridized carbons (Fsp3) is 0.714. The summed E-state index contributed by atoms with van der Waals surface area (Å²) in [7, 11) is 0. The predicted octanol–water partition coefficient (Wildman–Crippen LogP) is 3.16. The van der Waals surface area contributed by atoms with Crippen molar-refractivity contribution < 1.29 is 19.7 Å². The summed E-state index contributed by atoms with van der Waals surface area (Å²) in [5.74, 6) is 0.341. The molecule has 0 radical (unpaired) electrons. The van der Waals surface area contributed by atoms with E-state index in [-0.39, 0.29) is 18.4 Å². The summed E-state index contributed by atoms with van der Waals surface area (Å²) in [4.78, 5) is 16.0. The molecule has 4 N–H and O–H groups in total. The second-order valence-electron chi connectivity index (χ2n) is 8.24. The highest BCUT2D eigenvalue weighted by molar-refractivity contribution is 5.78. The Morgan fingerprint density at radius 1 is 1.41 bits per heavy atom. The molecular weight excluding hydrogens is 344 g/mol. The molecule has 0 aliphatic heterocycles. The molecule has 1 heterocycles. The fourth-order valence-corrected chi connectivity index (χ4v) is 3.60. The quantitative estimate of drug-likeness (QED) is 0.609. The predicted molar refractivity (Wildman–Crippen MR) is 105 cm³/mol. The van der Waals surface area contributed by atoms with E-state index in [1.807, 2.05) is 13.8 Å². The highest BCUT2D eigenvalue weighted by Gasteiger charge is 2.43. The molecule has 0 spiro atoms. The average molecular weight is 379 g/mol. The molecule has 1 fully saturated rings. The molecule has 1 saturated carbocycles. The Bertz CT molecular complexity index is 616. The Kier molecular flexibility index (Phi) is 7.62. The lowest BCUT2D eigenvalue weighted by molar-refractivity contribution is -0.161. The van der Waals surface area contributed by atoms with Crippen LogP contribution in [0.15, 0.2) is 18.3 Å². The van der Waals surface area contributed by atoms with E-state index in [0.717, 1.165) is 38.0 Å². The Labute approximate surface area is 162 Å². The van der Waals surface area contributed by atoms with Crippen molar-refractivity contribution in [2.45, 2.75) is 83.5 Å². The Hall–Kier alpha value is -1.66. The third-order valence-electron chi connectivity index (χ3n) is 5.84. The van der Waals surface area contributed by atoms with Crippen molar-refractivity contribution >= 4 is 5.97 Å². The van der Waals surface area contributed by atoms with Crippen LogP contribution in [0.5, 0.6) is 5.75 Å². The monoisotopic (exact) mass is 378 g/mol. The van der Waals surface area contributed by atoms with E-state index in [4.69, 9.17) is 10.5 Å². The molecule has 1 aromatic rings. The van der Waals surface area contributed by atoms with Gasteiger partial charge in [0.1, 0.15) is 5.75 Å². The van der Waals surface area contributed by atoms with E-state index < -0.39 is 17.6 Å². The molecule has 1 aliphatic carbocycles. The van der Waals surface area contributed by atoms with Crippen LogP contribution in [0.4, 0.5) is 0 Å². The van der Waals surface area contributed by atoms with Crippen molar-refractivity contribution in [3.05, 3.63) is 24.0 Å². The standard InChI is InChI=1S/C21H34N2O4/c1-4-14(2)11-19(22)21(26,20(24)25)13-16-12-18(9-10-23-16)27-17-7-5-15(3)6-8-17/h9-10,12,14-15,17,19,26H,4-8,11,13,22H2,1-3H3,(H,24,25)/t14?,15-,17-,19-,21+/m0/s1. The fourth-order valence-electron chi connectivity index (χ4n) is 3.60. The number of aliphatic carboxylic acids is 1. The zero-order valence-corrected chi connectivity index (χ0v) is 16.7. The number of hydrogen-bond acceptors (Lipinski definition) is 5. The number of carboxylic acids is 1. The maximum atomic E-state index is 11.8. The van der Waals surface area contributed by atoms with E-state index in [1.165, 1.54) is 0 Å². The second-order valence-corrected chi connectivity index (χ2v) is 8.24. The van der Waals surface area contributed by atoms with Crippen LogP contribution in [0, 0.1) is 11.8 Å². The molecule has 3 atom stereocenters. The number of hydrogen-bond donors (Lipinski definition) is 3. The SMILES string of the molecule is CCC(C)C[C@H](N)[C@](O)(Cc1cc(O[C@H]2CC[C@H](C)CC2)ccn1)C(=O)O. The van der Waals surface area contributed by atoms with Crippen LogP contribution in [0.2, 0.25) is 0 Å². The van der Waals surface area contributed by atoms with Gasteiger partial charge in [-0.3, -0.25) is 4.98 Å². The number of nitrogens with two attached hydrogens (primary N) is 1. The third kappa shape index (κ3) is 5.91. The van der Waals surface area contributed by atoms with Crippen molar-refractivity contribution in [2.24, 2.45) is 17.6 Å². The van der Waals surface area contributed by atoms with Crippen LogP contribution in [0.25, 0.3) is 0 Å². The summed E-state index contributed by atoms with van der Waals surface area (Å²) in [5, 5.41) is 20.4. The summed E-state index contributed by atoms with van der Waals surface area (Å²) >= 11 is 0. The Balaban J connectivity index is 2.08. The Morgan fingerprint density at radius 2 is 2.07 bits per heavy atom. The van der Waals surface area contributed by atoms with Gasteiger partial charge >= 0.3 is 5.97 Å². The van der Waals surface area contributed by atoms with Crippen LogP contribution in [0.3, 0.4) is 0 Å². The first-order valence-electron chi connectivity index (χ1n) is 10.1. The number of carboxylic acid groups (broad SMARTS) is 1. The van der Waals surface area contributed by atoms with Crippen molar-refractivity contribution in [3.63, 3.8) is 0 Å². The highest BCUT2D eigenvalue weighted by atomic mass is 16.5. The number of nitrogens with zero attached hydrogens (tertiary/aromatic N) is 1. The maximum Gasteiger partial charge on any atom is 0.337 e. The molecule has 152 valence electrons. The summed E-state index contributed by atoms with van der Waals surface area (Å²) in [6.45, 7) is 6.28. The van der Waals surface area contributed by atoms with Crippen LogP contribution in [-0.2, 0) is 11.2 Å². The van der Waals surface area contributed by atoms with Gasteiger partial charge in [0.25, 0.3) is 0 Å². The summed E-state index contributed by atoms with van der Waals surface area (Å²) in [6, 6.07) is 2.64. The Morgan fingerprint density at radius 3 is 2.67 bits per heavy atom. The first-order valence-corrected chi connectivity index (χ1v) is 10.1. The number of aliphatic hydroxyl groups is 1. The molecule has 2 rings (SSSR count). The highest BCUT2D eigenvalue weighted by Crippen LogP contribution is 2.28. The van der Waals surface area contributed by atoms with Crippen molar-refractivity contribution in [3.8, 4) is 5.75 Å². The second kappa shape index (κ2) is 9.51. The van der Waals surface area contributed by atoms with E-state index in [0.29, 0.717) is 17.9 Å². The van der Waals surface area contributed by atoms with Crippen LogP contribution < -0.4 is 10.5 Å². The average Bonchev–Trinajstić information content (AvgIpc) is 2.63. The van der Waals surface area contributed by atoms with Gasteiger partial charge in [0.05, 0.1) is 6.10 Å². The molecule has 0 aromatic carbocycles. The minimum absolute atomic E-state index is 0.140. The van der Waals surface area contributed by atoms with Gasteiger partial charge in [-0.25, -0.2) is 4.79 Å². The molecule has 6 nitrogen and oxygen atoms in total. The minimum atomic E-state index is -2.05. The lowest BCUT2D eigenvalue weighted by Crippen LogP contribution is -2.56. The number of rotatable bonds is 9. The van der Waals surface area contributed by atoms with Crippen LogP contribution in [0.1, 0.15) is 65.0 Å². The van der Waals surface area contributed by atoms with Gasteiger partial charge in [-0.15, -0.1) is 0 Å². The van der Waals surface area contributed by atoms with E-state index >= 15 is 0 Å². The third-order valence-corrected chi connectivity index (χ3v) is 5.84. The topological polar surface area (TPSA) is 106 Å². The van der Waals surface area contributed by atoms with Gasteiger partial charge in [-0.1, -0.05) is 27.2 Å². The van der Waals surface area contributed by atoms with Gasteiger partial charge in [-0.05, 0) is 50.0 Å². The lowest BCUT2D eigenvalue weighted by Gasteiger charge is -2.31. The van der Waals surface area contributed by atoms with Crippen molar-refractivity contribution in [2.75, 3.05) is 0 Å². The summed E-state index contributed by atoms with van der Waals surface area (Å²) < 4.78 is 6.06. The zero-order valence-electron chi connectivity index (χ0n) is 16.7. The van der Waals surface area contributed by atoms with Gasteiger partial charge in [-0.2, -0.15) is 0 Å². The van der Waals surface area contributed by atoms with Gasteiger partial charge in [0, 0.05) is 30.4 Å². The number of carbonyl (C=O) groups is 1. The van der Waals surface area contributed by atoms with E-state index in [2.05, 4.69) is 11.9 Å². The van der Waals surface area contributed by atoms with Crippen LogP contribution >= 0.6 is 0 Å². The molecule has 0 saturated heterocycles. The summed E-state index contributed by atoms with van der Waals surface area (Å²) in [5.41, 5.74) is 4.52. The van der Waals surface area contributed by atoms with E-state index in [1.54, 1.807) is 18.3 Å². The molecule has 27 heavy (non-hydrogen) atoms. The lowest BCUT2D eigenvalue weighted by atomic mass is 9.83. The maximum absolute atomic E-state index is 11.8. The molecule has 0 amide bonds. The largest absolute Gasteiger partial charge is 0.490 e. The number of ether oxygens (including phenoxy) is 1. The molecule has 1 aliphatic rings. The normalized spacial score (nSPS) is 24.6. The first-order chi connectivity index (χ1) is 12.7. The van der Waals surface area contributed by atoms with Gasteiger partial charge < -0.3 is 20.7 Å². The number of pyridine rings is 1. The van der Waals surface area contributed by atoms with Gasteiger partial charge in [0.15, 0.2) is 5.60 Å². The molecule has 1 aromatic heterocycles. The van der Waals surface area contributed by atoms with Crippen molar-refractivity contribution in [1.82, 2.24) is 4.98 Å². The summed E-state index contributed by atoms with van der Waals surface area (Å²) in [6.07, 6.45) is 7.33. The van der Waals surface area contributed by atoms with Crippen LogP contribution in [-0.4, -0.2) is 38.9 Å². The number of aromatic nitrogens is 1. The zero-order chi connectivity index (χ0) is 20.0. The molecule has 0 bridgehead atoms. The smallest absolute Gasteiger partial charge is 0.337 e. The van der Waals surface area contributed by atoms with Crippen molar-refractivity contribution in [1.29, 1.82) is 0 Å². The van der Waals surface area contributed by atoms with Gasteiger partial charge in [0.2, 0.25) is 0 Å². The van der Waals surface area contributed by atoms with E-state index in [9.17, 15) is 15.0 Å². The minimum Gasteiger partial charge on any atom is -0.490 e. The molecule has 6 heteroatoms. The molecular formula is C21H34N2O4. The molecule has 1 unspecified atom stereocenters.